The SMILES string of the molecule is Cc1cccc(OCCCCC(=O)N2CCC3CCC(C2)N3)c1.Cl. The van der Waals surface area contributed by atoms with Crippen molar-refractivity contribution in [3.63, 3.8) is 0 Å². The first-order valence-corrected chi connectivity index (χ1v) is 8.94. The number of aryl methyl sites for hydroxylation is 1. The van der Waals surface area contributed by atoms with Crippen molar-refractivity contribution in [1.29, 1.82) is 0 Å². The lowest BCUT2D eigenvalue weighted by atomic mass is 10.1. The highest BCUT2D eigenvalue weighted by atomic mass is 35.5. The number of hydrogen-bond acceptors (Lipinski definition) is 3. The van der Waals surface area contributed by atoms with Gasteiger partial charge in [-0.3, -0.25) is 4.79 Å². The number of halogens is 1. The molecule has 1 aromatic carbocycles. The third kappa shape index (κ3) is 5.38. The van der Waals surface area contributed by atoms with Crippen LogP contribution >= 0.6 is 12.4 Å². The number of carbonyl (C=O) groups is 1. The summed E-state index contributed by atoms with van der Waals surface area (Å²) in [5, 5.41) is 3.62. The average Bonchev–Trinajstić information content (AvgIpc) is 2.86. The molecular weight excluding hydrogens is 324 g/mol. The lowest BCUT2D eigenvalue weighted by Gasteiger charge is -2.24. The second-order valence-corrected chi connectivity index (χ2v) is 6.89. The number of carbonyl (C=O) groups excluding carboxylic acids is 1. The van der Waals surface area contributed by atoms with E-state index >= 15 is 0 Å². The van der Waals surface area contributed by atoms with Gasteiger partial charge in [-0.2, -0.15) is 0 Å². The largest absolute Gasteiger partial charge is 0.494 e. The first-order chi connectivity index (χ1) is 11.2. The van der Waals surface area contributed by atoms with Crippen LogP contribution in [0.4, 0.5) is 0 Å². The van der Waals surface area contributed by atoms with Crippen LogP contribution < -0.4 is 10.1 Å². The summed E-state index contributed by atoms with van der Waals surface area (Å²) in [5.41, 5.74) is 1.21. The van der Waals surface area contributed by atoms with Gasteiger partial charge >= 0.3 is 0 Å². The molecule has 1 amide bonds. The molecule has 2 aliphatic heterocycles. The summed E-state index contributed by atoms with van der Waals surface area (Å²) in [6.45, 7) is 4.57. The molecule has 2 aliphatic rings. The van der Waals surface area contributed by atoms with Gasteiger partial charge in [-0.15, -0.1) is 12.4 Å². The van der Waals surface area contributed by atoms with E-state index < -0.39 is 0 Å². The van der Waals surface area contributed by atoms with Crippen molar-refractivity contribution < 1.29 is 9.53 Å². The molecule has 3 rings (SSSR count). The number of benzene rings is 1. The molecule has 0 aliphatic carbocycles. The standard InChI is InChI=1S/C19H28N2O2.ClH/c1-15-5-4-6-18(13-15)23-12-3-2-7-19(22)21-11-10-16-8-9-17(14-21)20-16;/h4-6,13,16-17,20H,2-3,7-12,14H2,1H3;1H. The van der Waals surface area contributed by atoms with Crippen molar-refractivity contribution in [3.8, 4) is 5.75 Å². The number of hydrogen-bond donors (Lipinski definition) is 1. The normalized spacial score (nSPS) is 22.6. The Morgan fingerprint density at radius 2 is 2.08 bits per heavy atom. The number of fused-ring (bicyclic) bond motifs is 2. The summed E-state index contributed by atoms with van der Waals surface area (Å²) in [4.78, 5) is 14.4. The van der Waals surface area contributed by atoms with Gasteiger partial charge in [0.15, 0.2) is 0 Å². The zero-order chi connectivity index (χ0) is 16.1. The first kappa shape index (κ1) is 19.1. The van der Waals surface area contributed by atoms with E-state index in [2.05, 4.69) is 23.2 Å². The summed E-state index contributed by atoms with van der Waals surface area (Å²) in [6.07, 6.45) is 6.09. The molecule has 2 heterocycles. The maximum atomic E-state index is 12.4. The highest BCUT2D eigenvalue weighted by Gasteiger charge is 2.30. The van der Waals surface area contributed by atoms with Gasteiger partial charge in [0, 0.05) is 31.6 Å². The highest BCUT2D eigenvalue weighted by molar-refractivity contribution is 5.85. The number of amides is 1. The maximum absolute atomic E-state index is 12.4. The Balaban J connectivity index is 0.00000208. The lowest BCUT2D eigenvalue weighted by Crippen LogP contribution is -2.38. The van der Waals surface area contributed by atoms with Gasteiger partial charge in [0.25, 0.3) is 0 Å². The van der Waals surface area contributed by atoms with Gasteiger partial charge in [0.2, 0.25) is 5.91 Å². The quantitative estimate of drug-likeness (QED) is 0.798. The van der Waals surface area contributed by atoms with E-state index in [0.29, 0.717) is 31.0 Å². The first-order valence-electron chi connectivity index (χ1n) is 8.94. The van der Waals surface area contributed by atoms with E-state index in [1.165, 1.54) is 18.4 Å². The van der Waals surface area contributed by atoms with Crippen LogP contribution in [0.5, 0.6) is 5.75 Å². The van der Waals surface area contributed by atoms with Crippen molar-refractivity contribution >= 4 is 18.3 Å². The maximum Gasteiger partial charge on any atom is 0.222 e. The second-order valence-electron chi connectivity index (χ2n) is 6.89. The van der Waals surface area contributed by atoms with Gasteiger partial charge in [0.1, 0.15) is 5.75 Å². The molecule has 2 unspecified atom stereocenters. The number of ether oxygens (including phenoxy) is 1. The molecule has 134 valence electrons. The van der Waals surface area contributed by atoms with Crippen LogP contribution in [0, 0.1) is 6.92 Å². The second kappa shape index (κ2) is 9.28. The zero-order valence-electron chi connectivity index (χ0n) is 14.5. The fourth-order valence-corrected chi connectivity index (χ4v) is 3.60. The summed E-state index contributed by atoms with van der Waals surface area (Å²) in [6, 6.07) is 9.27. The molecule has 2 atom stereocenters. The minimum atomic E-state index is 0. The Labute approximate surface area is 151 Å². The zero-order valence-corrected chi connectivity index (χ0v) is 15.3. The van der Waals surface area contributed by atoms with Gasteiger partial charge < -0.3 is 15.0 Å². The van der Waals surface area contributed by atoms with Crippen molar-refractivity contribution in [1.82, 2.24) is 10.2 Å². The van der Waals surface area contributed by atoms with Crippen LogP contribution in [0.3, 0.4) is 0 Å². The number of likely N-dealkylation sites (tertiary alicyclic amines) is 1. The minimum Gasteiger partial charge on any atom is -0.494 e. The van der Waals surface area contributed by atoms with Crippen LogP contribution in [0.1, 0.15) is 44.1 Å². The summed E-state index contributed by atoms with van der Waals surface area (Å²) >= 11 is 0. The topological polar surface area (TPSA) is 41.6 Å². The van der Waals surface area contributed by atoms with Crippen molar-refractivity contribution in [3.05, 3.63) is 29.8 Å². The molecular formula is C19H29ClN2O2. The number of rotatable bonds is 6. The predicted molar refractivity (Wildman–Crippen MR) is 98.9 cm³/mol. The molecule has 0 spiro atoms. The Kier molecular flexibility index (Phi) is 7.38. The van der Waals surface area contributed by atoms with Crippen LogP contribution in [0.25, 0.3) is 0 Å². The summed E-state index contributed by atoms with van der Waals surface area (Å²) in [7, 11) is 0. The van der Waals surface area contributed by atoms with Crippen molar-refractivity contribution in [2.75, 3.05) is 19.7 Å². The molecule has 2 saturated heterocycles. The highest BCUT2D eigenvalue weighted by Crippen LogP contribution is 2.21. The summed E-state index contributed by atoms with van der Waals surface area (Å²) in [5.74, 6) is 1.24. The molecule has 24 heavy (non-hydrogen) atoms. The molecule has 5 heteroatoms. The van der Waals surface area contributed by atoms with E-state index in [1.807, 2.05) is 18.2 Å². The van der Waals surface area contributed by atoms with Crippen LogP contribution in [0.2, 0.25) is 0 Å². The van der Waals surface area contributed by atoms with Gasteiger partial charge in [0.05, 0.1) is 6.61 Å². The molecule has 4 nitrogen and oxygen atoms in total. The molecule has 2 fully saturated rings. The number of nitrogens with zero attached hydrogens (tertiary/aromatic N) is 1. The van der Waals surface area contributed by atoms with E-state index in [-0.39, 0.29) is 12.4 Å². The predicted octanol–water partition coefficient (Wildman–Crippen LogP) is 3.32. The smallest absolute Gasteiger partial charge is 0.222 e. The Hall–Kier alpha value is -1.26. The average molecular weight is 353 g/mol. The number of unbranched alkanes of at least 4 members (excludes halogenated alkanes) is 1. The van der Waals surface area contributed by atoms with Gasteiger partial charge in [-0.25, -0.2) is 0 Å². The fourth-order valence-electron chi connectivity index (χ4n) is 3.60. The molecule has 1 N–H and O–H groups in total. The fraction of sp³-hybridized carbons (Fsp3) is 0.632. The van der Waals surface area contributed by atoms with E-state index in [1.54, 1.807) is 0 Å². The third-order valence-corrected chi connectivity index (χ3v) is 4.92. The Bertz CT molecular complexity index is 538. The van der Waals surface area contributed by atoms with Crippen molar-refractivity contribution in [2.24, 2.45) is 0 Å². The van der Waals surface area contributed by atoms with E-state index in [0.717, 1.165) is 38.1 Å². The Morgan fingerprint density at radius 3 is 2.92 bits per heavy atom. The molecule has 0 radical (unpaired) electrons. The monoisotopic (exact) mass is 352 g/mol. The van der Waals surface area contributed by atoms with Crippen LogP contribution in [-0.2, 0) is 4.79 Å². The molecule has 0 saturated carbocycles. The minimum absolute atomic E-state index is 0. The molecule has 0 aromatic heterocycles. The number of nitrogens with one attached hydrogen (secondary N) is 1. The third-order valence-electron chi connectivity index (χ3n) is 4.92. The van der Waals surface area contributed by atoms with Gasteiger partial charge in [-0.1, -0.05) is 12.1 Å². The van der Waals surface area contributed by atoms with Crippen LogP contribution in [0.15, 0.2) is 24.3 Å². The van der Waals surface area contributed by atoms with Crippen molar-refractivity contribution in [2.45, 2.75) is 57.5 Å². The molecule has 1 aromatic rings. The lowest BCUT2D eigenvalue weighted by molar-refractivity contribution is -0.131. The van der Waals surface area contributed by atoms with Gasteiger partial charge in [-0.05, 0) is 56.7 Å². The summed E-state index contributed by atoms with van der Waals surface area (Å²) < 4.78 is 5.74. The molecule has 2 bridgehead atoms. The van der Waals surface area contributed by atoms with Crippen LogP contribution in [-0.4, -0.2) is 42.6 Å². The van der Waals surface area contributed by atoms with E-state index in [4.69, 9.17) is 4.74 Å². The Morgan fingerprint density at radius 1 is 1.25 bits per heavy atom. The van der Waals surface area contributed by atoms with E-state index in [9.17, 15) is 4.79 Å².